The molecule has 0 radical (unpaired) electrons. The molecule has 12 nitrogen and oxygen atoms in total. The number of aromatic hydroxyl groups is 1. The average molecular weight is 856 g/mol. The van der Waals surface area contributed by atoms with Crippen LogP contribution in [0.25, 0.3) is 22.3 Å². The van der Waals surface area contributed by atoms with Crippen molar-refractivity contribution in [2.24, 2.45) is 23.3 Å². The van der Waals surface area contributed by atoms with Crippen LogP contribution in [0.1, 0.15) is 104 Å². The van der Waals surface area contributed by atoms with Gasteiger partial charge in [0.2, 0.25) is 11.8 Å². The molecular formula is C51H61N5O7. The van der Waals surface area contributed by atoms with Crippen molar-refractivity contribution in [1.82, 2.24) is 10.2 Å². The summed E-state index contributed by atoms with van der Waals surface area (Å²) in [4.78, 5) is 72.0. The maximum atomic E-state index is 14.7. The van der Waals surface area contributed by atoms with E-state index in [4.69, 9.17) is 16.2 Å². The number of aryl methyl sites for hydroxylation is 2. The predicted octanol–water partition coefficient (Wildman–Crippen LogP) is 7.22. The highest BCUT2D eigenvalue weighted by molar-refractivity contribution is 6.02. The van der Waals surface area contributed by atoms with Gasteiger partial charge in [0, 0.05) is 67.8 Å². The highest BCUT2D eigenvalue weighted by Crippen LogP contribution is 2.40. The standard InChI is InChI=1S/C51H61N5O7/c1-30-23-37(34-11-14-38(15-12-34)51(4,5)6)24-31(2)47(30)44(59)29-36(18-20-53)50(62)56(7)48-35-13-17-46(63-22-21-54)40(28-35)39-26-33(10-16-42(39)57)27-41(43(58)9-8-19-52)55-49(61)32(3)25-45(48)60/h10-17,23-24,26,28,32,36,41,48,57H,8-9,18,20-22,25,27,29,53-54H2,1-7H3,(H,55,61)/t32-,36-,41+,48+/m1/s1. The number of nitrogens with two attached hydrogens (primary N) is 2. The Hall–Kier alpha value is -6.16. The number of carbonyl (C=O) groups excluding carboxylic acids is 5. The molecule has 12 heteroatoms. The molecule has 1 aliphatic rings. The van der Waals surface area contributed by atoms with Crippen LogP contribution in [0.15, 0.2) is 72.8 Å². The molecule has 0 aromatic heterocycles. The second-order valence-electron chi connectivity index (χ2n) is 17.8. The van der Waals surface area contributed by atoms with E-state index in [0.29, 0.717) is 33.6 Å². The number of Topliss-reactive ketones (excluding diaryl/α,β-unsaturated/α-hetero) is 3. The molecule has 0 saturated carbocycles. The van der Waals surface area contributed by atoms with Crippen LogP contribution in [0.4, 0.5) is 0 Å². The van der Waals surface area contributed by atoms with Crippen LogP contribution in [0.5, 0.6) is 11.5 Å². The third-order valence-electron chi connectivity index (χ3n) is 11.9. The summed E-state index contributed by atoms with van der Waals surface area (Å²) in [5.41, 5.74) is 18.9. The Balaban J connectivity index is 1.53. The van der Waals surface area contributed by atoms with Crippen LogP contribution in [0.2, 0.25) is 0 Å². The number of nitriles is 1. The minimum Gasteiger partial charge on any atom is -0.507 e. The van der Waals surface area contributed by atoms with Gasteiger partial charge in [-0.2, -0.15) is 5.26 Å². The van der Waals surface area contributed by atoms with Crippen molar-refractivity contribution in [2.75, 3.05) is 26.7 Å². The first kappa shape index (κ1) is 47.9. The number of ketones is 3. The molecule has 1 heterocycles. The van der Waals surface area contributed by atoms with E-state index < -0.39 is 41.5 Å². The maximum Gasteiger partial charge on any atom is 0.226 e. The highest BCUT2D eigenvalue weighted by atomic mass is 16.5. The van der Waals surface area contributed by atoms with Crippen molar-refractivity contribution in [3.8, 4) is 39.8 Å². The summed E-state index contributed by atoms with van der Waals surface area (Å²) in [5, 5.41) is 23.2. The number of nitrogens with zero attached hydrogens (tertiary/aromatic N) is 2. The summed E-state index contributed by atoms with van der Waals surface area (Å²) < 4.78 is 6.02. The Morgan fingerprint density at radius 2 is 1.60 bits per heavy atom. The molecule has 0 fully saturated rings. The van der Waals surface area contributed by atoms with Crippen LogP contribution in [0.3, 0.4) is 0 Å². The molecule has 5 rings (SSSR count). The molecule has 4 bridgehead atoms. The van der Waals surface area contributed by atoms with Gasteiger partial charge in [-0.1, -0.05) is 76.2 Å². The predicted molar refractivity (Wildman–Crippen MR) is 244 cm³/mol. The SMILES string of the molecule is Cc1cc(-c2ccc(C(C)(C)C)cc2)cc(C)c1C(=O)C[C@@H](CCN)C(=O)N(C)[C@@H]1C(=O)C[C@@H](C)C(=O)N[C@H](C(=O)CCC#N)Cc2ccc(O)c(c2)-c2cc1ccc2OCCN. The van der Waals surface area contributed by atoms with Crippen molar-refractivity contribution < 1.29 is 33.8 Å². The van der Waals surface area contributed by atoms with Gasteiger partial charge < -0.3 is 31.5 Å². The van der Waals surface area contributed by atoms with E-state index in [0.717, 1.165) is 22.3 Å². The van der Waals surface area contributed by atoms with Gasteiger partial charge >= 0.3 is 0 Å². The highest BCUT2D eigenvalue weighted by Gasteiger charge is 2.36. The third-order valence-corrected chi connectivity index (χ3v) is 11.9. The second-order valence-corrected chi connectivity index (χ2v) is 17.8. The monoisotopic (exact) mass is 855 g/mol. The number of hydrogen-bond donors (Lipinski definition) is 4. The zero-order valence-corrected chi connectivity index (χ0v) is 37.5. The fraction of sp³-hybridized carbons (Fsp3) is 0.412. The summed E-state index contributed by atoms with van der Waals surface area (Å²) >= 11 is 0. The van der Waals surface area contributed by atoms with Crippen molar-refractivity contribution in [1.29, 1.82) is 5.26 Å². The smallest absolute Gasteiger partial charge is 0.226 e. The molecule has 63 heavy (non-hydrogen) atoms. The fourth-order valence-electron chi connectivity index (χ4n) is 8.42. The van der Waals surface area contributed by atoms with Crippen molar-refractivity contribution >= 4 is 29.2 Å². The summed E-state index contributed by atoms with van der Waals surface area (Å²) in [5.74, 6) is -3.61. The molecule has 4 aromatic carbocycles. The number of phenolic OH excluding ortho intramolecular Hbond substituents is 1. The summed E-state index contributed by atoms with van der Waals surface area (Å²) in [7, 11) is 1.50. The Bertz CT molecular complexity index is 2370. The second kappa shape index (κ2) is 20.8. The number of rotatable bonds is 14. The zero-order valence-electron chi connectivity index (χ0n) is 37.5. The quantitative estimate of drug-likeness (QED) is 0.0937. The number of ether oxygens (including phenoxy) is 1. The largest absolute Gasteiger partial charge is 0.507 e. The molecule has 1 aliphatic heterocycles. The molecular weight excluding hydrogens is 795 g/mol. The van der Waals surface area contributed by atoms with Gasteiger partial charge in [0.05, 0.1) is 12.1 Å². The van der Waals surface area contributed by atoms with Gasteiger partial charge in [0.15, 0.2) is 17.3 Å². The summed E-state index contributed by atoms with van der Waals surface area (Å²) in [6, 6.07) is 21.9. The van der Waals surface area contributed by atoms with Crippen LogP contribution in [-0.2, 0) is 31.0 Å². The van der Waals surface area contributed by atoms with E-state index in [1.54, 1.807) is 37.3 Å². The number of nitrogens with one attached hydrogen (secondary N) is 1. The molecule has 4 aromatic rings. The minimum absolute atomic E-state index is 0.0105. The van der Waals surface area contributed by atoms with E-state index >= 15 is 0 Å². The molecule has 0 saturated heterocycles. The molecule has 0 unspecified atom stereocenters. The molecule has 2 amide bonds. The van der Waals surface area contributed by atoms with Gasteiger partial charge in [-0.15, -0.1) is 0 Å². The Kier molecular flexibility index (Phi) is 15.8. The fourth-order valence-corrected chi connectivity index (χ4v) is 8.42. The van der Waals surface area contributed by atoms with E-state index in [2.05, 4.69) is 50.4 Å². The number of phenols is 1. The number of carbonyl (C=O) groups is 5. The lowest BCUT2D eigenvalue weighted by atomic mass is 9.85. The Labute approximate surface area is 371 Å². The first-order valence-electron chi connectivity index (χ1n) is 21.6. The van der Waals surface area contributed by atoms with Crippen LogP contribution < -0.4 is 21.5 Å². The van der Waals surface area contributed by atoms with Gasteiger partial charge in [-0.25, -0.2) is 0 Å². The number of amides is 2. The van der Waals surface area contributed by atoms with Crippen molar-refractivity contribution in [3.05, 3.63) is 106 Å². The molecule has 6 N–H and O–H groups in total. The first-order valence-corrected chi connectivity index (χ1v) is 21.6. The molecule has 332 valence electrons. The summed E-state index contributed by atoms with van der Waals surface area (Å²) in [6.07, 6.45) is -0.333. The van der Waals surface area contributed by atoms with Crippen LogP contribution in [0, 0.1) is 37.0 Å². The topological polar surface area (TPSA) is 206 Å². The lowest BCUT2D eigenvalue weighted by Crippen LogP contribution is -2.46. The van der Waals surface area contributed by atoms with Crippen molar-refractivity contribution in [2.45, 2.75) is 97.6 Å². The Morgan fingerprint density at radius 1 is 0.921 bits per heavy atom. The van der Waals surface area contributed by atoms with Gasteiger partial charge in [-0.3, -0.25) is 24.0 Å². The number of likely N-dealkylation sites (N-methyl/N-ethyl adjacent to an activating group) is 1. The minimum atomic E-state index is -1.24. The van der Waals surface area contributed by atoms with E-state index in [1.807, 2.05) is 32.0 Å². The number of fused-ring (bicyclic) bond motifs is 5. The van der Waals surface area contributed by atoms with Crippen LogP contribution >= 0.6 is 0 Å². The van der Waals surface area contributed by atoms with Crippen LogP contribution in [-0.4, -0.2) is 72.0 Å². The van der Waals surface area contributed by atoms with Crippen molar-refractivity contribution in [3.63, 3.8) is 0 Å². The third kappa shape index (κ3) is 11.5. The average Bonchev–Trinajstić information content (AvgIpc) is 3.24. The van der Waals surface area contributed by atoms with E-state index in [1.165, 1.54) is 23.6 Å². The number of benzene rings is 4. The lowest BCUT2D eigenvalue weighted by molar-refractivity contribution is -0.142. The van der Waals surface area contributed by atoms with E-state index in [9.17, 15) is 34.3 Å². The lowest BCUT2D eigenvalue weighted by Gasteiger charge is -2.32. The maximum absolute atomic E-state index is 14.7. The zero-order chi connectivity index (χ0) is 46.2. The van der Waals surface area contributed by atoms with Gasteiger partial charge in [0.1, 0.15) is 24.1 Å². The van der Waals surface area contributed by atoms with E-state index in [-0.39, 0.29) is 81.0 Å². The molecule has 0 spiro atoms. The first-order chi connectivity index (χ1) is 29.9. The molecule has 0 aliphatic carbocycles. The van der Waals surface area contributed by atoms with Gasteiger partial charge in [-0.05, 0) is 102 Å². The molecule has 4 atom stereocenters. The summed E-state index contributed by atoms with van der Waals surface area (Å²) in [6.45, 7) is 12.3. The Morgan fingerprint density at radius 3 is 2.22 bits per heavy atom. The number of hydrogen-bond acceptors (Lipinski definition) is 10. The van der Waals surface area contributed by atoms with Gasteiger partial charge in [0.25, 0.3) is 0 Å². The normalized spacial score (nSPS) is 17.2.